The SMILES string of the molecule is CCOC(OCC)[SiH2]CNCCCCCCN. The Kier molecular flexibility index (Phi) is 14.2. The third kappa shape index (κ3) is 12.3. The second-order valence-electron chi connectivity index (χ2n) is 4.08. The quantitative estimate of drug-likeness (QED) is 0.290. The van der Waals surface area contributed by atoms with Crippen LogP contribution in [-0.4, -0.2) is 47.9 Å². The molecule has 0 aromatic carbocycles. The lowest BCUT2D eigenvalue weighted by atomic mass is 10.2. The highest BCUT2D eigenvalue weighted by Gasteiger charge is 2.07. The van der Waals surface area contributed by atoms with Crippen molar-refractivity contribution in [2.75, 3.05) is 32.5 Å². The number of hydrogen-bond donors (Lipinski definition) is 2. The number of rotatable bonds is 13. The predicted octanol–water partition coefficient (Wildman–Crippen LogP) is 0.578. The molecule has 0 atom stereocenters. The van der Waals surface area contributed by atoms with Crippen LogP contribution >= 0.6 is 0 Å². The van der Waals surface area contributed by atoms with Crippen molar-refractivity contribution in [2.45, 2.75) is 45.4 Å². The zero-order valence-electron chi connectivity index (χ0n) is 11.5. The van der Waals surface area contributed by atoms with Gasteiger partial charge in [0.1, 0.15) is 15.4 Å². The Bertz CT molecular complexity index is 144. The molecule has 0 bridgehead atoms. The van der Waals surface area contributed by atoms with E-state index in [1.807, 2.05) is 13.8 Å². The average Bonchev–Trinajstić information content (AvgIpc) is 2.33. The lowest BCUT2D eigenvalue weighted by molar-refractivity contribution is -0.0828. The standard InChI is InChI=1S/C12H30N2O2Si/c1-3-15-12(16-4-2)17-11-14-10-8-6-5-7-9-13/h12,14H,3-11,13,17H2,1-2H3. The van der Waals surface area contributed by atoms with Gasteiger partial charge in [-0.3, -0.25) is 0 Å². The fourth-order valence-electron chi connectivity index (χ4n) is 1.68. The van der Waals surface area contributed by atoms with E-state index >= 15 is 0 Å². The topological polar surface area (TPSA) is 56.5 Å². The minimum atomic E-state index is -0.316. The Morgan fingerprint density at radius 1 is 1.06 bits per heavy atom. The number of hydrogen-bond acceptors (Lipinski definition) is 4. The number of unbranched alkanes of at least 4 members (excludes halogenated alkanes) is 3. The summed E-state index contributed by atoms with van der Waals surface area (Å²) in [5.74, 6) is 0.0924. The van der Waals surface area contributed by atoms with Crippen LogP contribution in [0.15, 0.2) is 0 Å². The largest absolute Gasteiger partial charge is 0.357 e. The molecule has 0 aliphatic heterocycles. The van der Waals surface area contributed by atoms with Gasteiger partial charge in [0.15, 0.2) is 0 Å². The monoisotopic (exact) mass is 262 g/mol. The normalized spacial score (nSPS) is 12.0. The summed E-state index contributed by atoms with van der Waals surface area (Å²) in [6.45, 7) is 7.47. The average molecular weight is 262 g/mol. The first kappa shape index (κ1) is 17.1. The Morgan fingerprint density at radius 2 is 1.71 bits per heavy atom. The van der Waals surface area contributed by atoms with Crippen molar-refractivity contribution in [1.29, 1.82) is 0 Å². The molecule has 0 heterocycles. The summed E-state index contributed by atoms with van der Waals surface area (Å²) in [6, 6.07) is 0. The number of nitrogens with two attached hydrogens (primary N) is 1. The summed E-state index contributed by atoms with van der Waals surface area (Å²) in [6.07, 6.45) is 6.05. The molecule has 17 heavy (non-hydrogen) atoms. The third-order valence-electron chi connectivity index (χ3n) is 2.57. The zero-order chi connectivity index (χ0) is 12.8. The van der Waals surface area contributed by atoms with Crippen LogP contribution < -0.4 is 11.1 Å². The Labute approximate surface area is 108 Å². The van der Waals surface area contributed by atoms with Crippen LogP contribution in [0.5, 0.6) is 0 Å². The van der Waals surface area contributed by atoms with Gasteiger partial charge in [-0.05, 0) is 45.9 Å². The third-order valence-corrected chi connectivity index (χ3v) is 4.15. The van der Waals surface area contributed by atoms with Gasteiger partial charge >= 0.3 is 0 Å². The van der Waals surface area contributed by atoms with Gasteiger partial charge in [0, 0.05) is 13.2 Å². The van der Waals surface area contributed by atoms with Crippen molar-refractivity contribution in [2.24, 2.45) is 5.73 Å². The maximum absolute atomic E-state index is 5.53. The second kappa shape index (κ2) is 14.1. The smallest absolute Gasteiger partial charge is 0.136 e. The molecule has 0 spiro atoms. The number of ether oxygens (including phenoxy) is 2. The van der Waals surface area contributed by atoms with E-state index in [1.165, 1.54) is 19.3 Å². The number of nitrogens with one attached hydrogen (secondary N) is 1. The van der Waals surface area contributed by atoms with Crippen molar-refractivity contribution in [3.63, 3.8) is 0 Å². The van der Waals surface area contributed by atoms with E-state index < -0.39 is 0 Å². The van der Waals surface area contributed by atoms with Crippen LogP contribution in [0, 0.1) is 0 Å². The van der Waals surface area contributed by atoms with Crippen LogP contribution in [0.3, 0.4) is 0 Å². The van der Waals surface area contributed by atoms with E-state index in [-0.39, 0.29) is 15.4 Å². The lowest BCUT2D eigenvalue weighted by Gasteiger charge is -2.16. The van der Waals surface area contributed by atoms with E-state index in [2.05, 4.69) is 5.32 Å². The van der Waals surface area contributed by atoms with E-state index in [4.69, 9.17) is 15.2 Å². The molecular weight excluding hydrogens is 232 g/mol. The fraction of sp³-hybridized carbons (Fsp3) is 1.00. The Morgan fingerprint density at radius 3 is 2.29 bits per heavy atom. The van der Waals surface area contributed by atoms with Crippen molar-refractivity contribution >= 4 is 9.52 Å². The summed E-state index contributed by atoms with van der Waals surface area (Å²) in [4.78, 5) is 0. The summed E-state index contributed by atoms with van der Waals surface area (Å²) in [5.41, 5.74) is 5.44. The summed E-state index contributed by atoms with van der Waals surface area (Å²) in [5, 5.41) is 3.48. The van der Waals surface area contributed by atoms with Crippen LogP contribution in [0.2, 0.25) is 0 Å². The molecule has 0 fully saturated rings. The fourth-order valence-corrected chi connectivity index (χ4v) is 3.17. The van der Waals surface area contributed by atoms with E-state index in [1.54, 1.807) is 0 Å². The molecule has 5 heteroatoms. The molecule has 0 unspecified atom stereocenters. The molecule has 0 saturated carbocycles. The lowest BCUT2D eigenvalue weighted by Crippen LogP contribution is -2.33. The molecule has 0 radical (unpaired) electrons. The van der Waals surface area contributed by atoms with Gasteiger partial charge in [0.2, 0.25) is 0 Å². The maximum atomic E-state index is 5.53. The summed E-state index contributed by atoms with van der Waals surface area (Å²) in [7, 11) is -0.316. The van der Waals surface area contributed by atoms with Crippen molar-refractivity contribution in [3.8, 4) is 0 Å². The van der Waals surface area contributed by atoms with Gasteiger partial charge in [-0.1, -0.05) is 12.8 Å². The van der Waals surface area contributed by atoms with Crippen LogP contribution in [-0.2, 0) is 9.47 Å². The molecule has 104 valence electrons. The first-order valence-electron chi connectivity index (χ1n) is 6.99. The van der Waals surface area contributed by atoms with Crippen LogP contribution in [0.4, 0.5) is 0 Å². The Balaban J connectivity index is 3.23. The molecule has 0 aliphatic rings. The molecule has 0 aromatic heterocycles. The summed E-state index contributed by atoms with van der Waals surface area (Å²) >= 11 is 0. The second-order valence-corrected chi connectivity index (χ2v) is 5.83. The minimum Gasteiger partial charge on any atom is -0.357 e. The maximum Gasteiger partial charge on any atom is 0.136 e. The molecule has 0 saturated heterocycles. The molecular formula is C12H30N2O2Si. The molecule has 3 N–H and O–H groups in total. The van der Waals surface area contributed by atoms with Gasteiger partial charge in [0.05, 0.1) is 0 Å². The molecule has 0 aromatic rings. The van der Waals surface area contributed by atoms with Gasteiger partial charge in [-0.2, -0.15) is 0 Å². The molecule has 0 rings (SSSR count). The molecule has 4 nitrogen and oxygen atoms in total. The highest BCUT2D eigenvalue weighted by Crippen LogP contribution is 1.97. The van der Waals surface area contributed by atoms with Gasteiger partial charge in [-0.25, -0.2) is 0 Å². The van der Waals surface area contributed by atoms with Crippen molar-refractivity contribution in [1.82, 2.24) is 5.32 Å². The van der Waals surface area contributed by atoms with Gasteiger partial charge in [0.25, 0.3) is 0 Å². The zero-order valence-corrected chi connectivity index (χ0v) is 13.0. The van der Waals surface area contributed by atoms with E-state index in [0.717, 1.165) is 38.9 Å². The summed E-state index contributed by atoms with van der Waals surface area (Å²) < 4.78 is 11.1. The van der Waals surface area contributed by atoms with Gasteiger partial charge < -0.3 is 20.5 Å². The van der Waals surface area contributed by atoms with Crippen LogP contribution in [0.25, 0.3) is 0 Å². The predicted molar refractivity (Wildman–Crippen MR) is 76.0 cm³/mol. The minimum absolute atomic E-state index is 0.0924. The molecule has 0 amide bonds. The van der Waals surface area contributed by atoms with E-state index in [0.29, 0.717) is 0 Å². The van der Waals surface area contributed by atoms with E-state index in [9.17, 15) is 0 Å². The van der Waals surface area contributed by atoms with Crippen LogP contribution in [0.1, 0.15) is 39.5 Å². The van der Waals surface area contributed by atoms with Crippen molar-refractivity contribution in [3.05, 3.63) is 0 Å². The molecule has 0 aliphatic carbocycles. The first-order valence-corrected chi connectivity index (χ1v) is 8.80. The highest BCUT2D eigenvalue weighted by molar-refractivity contribution is 6.36. The van der Waals surface area contributed by atoms with Gasteiger partial charge in [-0.15, -0.1) is 0 Å². The Hall–Kier alpha value is 0.0569. The van der Waals surface area contributed by atoms with Crippen molar-refractivity contribution < 1.29 is 9.47 Å². The first-order chi connectivity index (χ1) is 8.35. The highest BCUT2D eigenvalue weighted by atomic mass is 28.2.